The van der Waals surface area contributed by atoms with E-state index < -0.39 is 0 Å². The van der Waals surface area contributed by atoms with Crippen molar-refractivity contribution in [1.82, 2.24) is 24.3 Å². The van der Waals surface area contributed by atoms with Gasteiger partial charge in [-0.2, -0.15) is 5.10 Å². The zero-order valence-electron chi connectivity index (χ0n) is 17.3. The fraction of sp³-hybridized carbons (Fsp3) is 0.348. The lowest BCUT2D eigenvalue weighted by atomic mass is 9.93. The monoisotopic (exact) mass is 417 g/mol. The van der Waals surface area contributed by atoms with E-state index in [2.05, 4.69) is 25.9 Å². The van der Waals surface area contributed by atoms with E-state index in [-0.39, 0.29) is 6.10 Å². The van der Waals surface area contributed by atoms with Crippen LogP contribution >= 0.6 is 0 Å². The molecule has 1 unspecified atom stereocenters. The van der Waals surface area contributed by atoms with Gasteiger partial charge in [0.05, 0.1) is 32.2 Å². The van der Waals surface area contributed by atoms with Crippen LogP contribution in [-0.2, 0) is 6.54 Å². The maximum Gasteiger partial charge on any atom is 0.204 e. The molecule has 1 aliphatic carbocycles. The van der Waals surface area contributed by atoms with Crippen molar-refractivity contribution in [3.63, 3.8) is 0 Å². The highest BCUT2D eigenvalue weighted by Crippen LogP contribution is 2.44. The van der Waals surface area contributed by atoms with E-state index in [1.807, 2.05) is 35.0 Å². The van der Waals surface area contributed by atoms with Gasteiger partial charge in [-0.15, -0.1) is 0 Å². The molecule has 1 saturated carbocycles. The highest BCUT2D eigenvalue weighted by atomic mass is 16.6. The number of pyridine rings is 1. The number of imidazole rings is 1. The quantitative estimate of drug-likeness (QED) is 0.490. The SMILES string of the molecule is COc1cc(Cn2cnc3cccnc32)cc2c1OC(c1cnn(C3CCC3)c1)CO2. The molecule has 0 spiro atoms. The van der Waals surface area contributed by atoms with Crippen molar-refractivity contribution in [3.8, 4) is 17.2 Å². The summed E-state index contributed by atoms with van der Waals surface area (Å²) in [5.74, 6) is 1.97. The minimum absolute atomic E-state index is 0.206. The Hall–Kier alpha value is -3.55. The summed E-state index contributed by atoms with van der Waals surface area (Å²) in [4.78, 5) is 8.86. The fourth-order valence-electron chi connectivity index (χ4n) is 4.18. The number of methoxy groups -OCH3 is 1. The Kier molecular flexibility index (Phi) is 4.29. The van der Waals surface area contributed by atoms with Gasteiger partial charge in [0.1, 0.15) is 12.1 Å². The fourth-order valence-corrected chi connectivity index (χ4v) is 4.18. The Bertz CT molecular complexity index is 1230. The number of hydrogen-bond donors (Lipinski definition) is 0. The molecule has 158 valence electrons. The molecule has 4 heterocycles. The van der Waals surface area contributed by atoms with Crippen molar-refractivity contribution in [2.75, 3.05) is 13.7 Å². The topological polar surface area (TPSA) is 76.2 Å². The molecule has 0 N–H and O–H groups in total. The standard InChI is InChI=1S/C23H23N5O3/c1-29-19-8-15(11-27-14-25-18-6-3-7-24-23(18)27)9-20-22(19)31-21(13-30-20)16-10-26-28(12-16)17-4-2-5-17/h3,6-10,12,14,17,21H,2,4-5,11,13H2,1H3. The Morgan fingerprint density at radius 1 is 1.23 bits per heavy atom. The lowest BCUT2D eigenvalue weighted by molar-refractivity contribution is 0.0868. The highest BCUT2D eigenvalue weighted by Gasteiger charge is 2.29. The molecule has 1 atom stereocenters. The minimum Gasteiger partial charge on any atom is -0.493 e. The Morgan fingerprint density at radius 2 is 2.16 bits per heavy atom. The van der Waals surface area contributed by atoms with Gasteiger partial charge in [0.2, 0.25) is 5.75 Å². The van der Waals surface area contributed by atoms with Crippen molar-refractivity contribution >= 4 is 11.2 Å². The lowest BCUT2D eigenvalue weighted by Crippen LogP contribution is -2.22. The second kappa shape index (κ2) is 7.30. The lowest BCUT2D eigenvalue weighted by Gasteiger charge is -2.28. The van der Waals surface area contributed by atoms with Gasteiger partial charge in [0, 0.05) is 18.0 Å². The predicted octanol–water partition coefficient (Wildman–Crippen LogP) is 3.92. The van der Waals surface area contributed by atoms with Gasteiger partial charge in [-0.05, 0) is 49.1 Å². The molecule has 1 aliphatic heterocycles. The average molecular weight is 417 g/mol. The minimum atomic E-state index is -0.206. The molecule has 1 fully saturated rings. The second-order valence-corrected chi connectivity index (χ2v) is 8.10. The van der Waals surface area contributed by atoms with E-state index in [4.69, 9.17) is 14.2 Å². The van der Waals surface area contributed by atoms with Gasteiger partial charge in [-0.1, -0.05) is 0 Å². The molecule has 0 saturated heterocycles. The molecule has 0 radical (unpaired) electrons. The van der Waals surface area contributed by atoms with Crippen LogP contribution in [0.4, 0.5) is 0 Å². The predicted molar refractivity (Wildman–Crippen MR) is 114 cm³/mol. The number of aromatic nitrogens is 5. The van der Waals surface area contributed by atoms with E-state index in [0.29, 0.717) is 36.4 Å². The summed E-state index contributed by atoms with van der Waals surface area (Å²) in [5.41, 5.74) is 3.78. The van der Waals surface area contributed by atoms with Gasteiger partial charge in [0.25, 0.3) is 0 Å². The first-order valence-corrected chi connectivity index (χ1v) is 10.6. The molecule has 8 heteroatoms. The zero-order chi connectivity index (χ0) is 20.8. The Labute approximate surface area is 179 Å². The van der Waals surface area contributed by atoms with Crippen LogP contribution < -0.4 is 14.2 Å². The van der Waals surface area contributed by atoms with Crippen molar-refractivity contribution in [1.29, 1.82) is 0 Å². The van der Waals surface area contributed by atoms with Gasteiger partial charge in [-0.25, -0.2) is 9.97 Å². The first kappa shape index (κ1) is 18.2. The largest absolute Gasteiger partial charge is 0.493 e. The molecule has 3 aromatic heterocycles. The van der Waals surface area contributed by atoms with E-state index >= 15 is 0 Å². The van der Waals surface area contributed by atoms with Crippen LogP contribution in [0.25, 0.3) is 11.2 Å². The number of nitrogens with zero attached hydrogens (tertiary/aromatic N) is 5. The molecule has 31 heavy (non-hydrogen) atoms. The van der Waals surface area contributed by atoms with Gasteiger partial charge in [-0.3, -0.25) is 4.68 Å². The van der Waals surface area contributed by atoms with Crippen molar-refractivity contribution in [2.45, 2.75) is 38.0 Å². The highest BCUT2D eigenvalue weighted by molar-refractivity contribution is 5.70. The molecule has 0 amide bonds. The van der Waals surface area contributed by atoms with Crippen LogP contribution in [0, 0.1) is 0 Å². The first-order chi connectivity index (χ1) is 15.3. The van der Waals surface area contributed by atoms with Gasteiger partial charge in [0.15, 0.2) is 23.3 Å². The Morgan fingerprint density at radius 3 is 3.00 bits per heavy atom. The van der Waals surface area contributed by atoms with Gasteiger partial charge >= 0.3 is 0 Å². The number of hydrogen-bond acceptors (Lipinski definition) is 6. The summed E-state index contributed by atoms with van der Waals surface area (Å²) in [6, 6.07) is 8.35. The maximum atomic E-state index is 6.31. The third kappa shape index (κ3) is 3.19. The summed E-state index contributed by atoms with van der Waals surface area (Å²) in [5, 5.41) is 4.53. The van der Waals surface area contributed by atoms with Crippen LogP contribution in [0.3, 0.4) is 0 Å². The van der Waals surface area contributed by atoms with Crippen LogP contribution in [0.2, 0.25) is 0 Å². The number of rotatable bonds is 5. The zero-order valence-corrected chi connectivity index (χ0v) is 17.3. The van der Waals surface area contributed by atoms with E-state index in [1.165, 1.54) is 19.3 Å². The summed E-state index contributed by atoms with van der Waals surface area (Å²) >= 11 is 0. The molecule has 6 rings (SSSR count). The van der Waals surface area contributed by atoms with E-state index in [0.717, 1.165) is 22.3 Å². The molecule has 4 aromatic rings. The smallest absolute Gasteiger partial charge is 0.204 e. The number of fused-ring (bicyclic) bond motifs is 2. The molecular formula is C23H23N5O3. The Balaban J connectivity index is 1.27. The number of benzene rings is 1. The average Bonchev–Trinajstić information content (AvgIpc) is 3.40. The molecular weight excluding hydrogens is 394 g/mol. The summed E-state index contributed by atoms with van der Waals surface area (Å²) in [7, 11) is 1.65. The van der Waals surface area contributed by atoms with Crippen LogP contribution in [0.15, 0.2) is 49.2 Å². The van der Waals surface area contributed by atoms with E-state index in [9.17, 15) is 0 Å². The summed E-state index contributed by atoms with van der Waals surface area (Å²) in [6.45, 7) is 1.05. The van der Waals surface area contributed by atoms with Crippen molar-refractivity contribution in [2.24, 2.45) is 0 Å². The molecule has 1 aromatic carbocycles. The maximum absolute atomic E-state index is 6.31. The first-order valence-electron chi connectivity index (χ1n) is 10.6. The molecule has 2 aliphatic rings. The van der Waals surface area contributed by atoms with Crippen LogP contribution in [-0.4, -0.2) is 38.0 Å². The van der Waals surface area contributed by atoms with Crippen molar-refractivity contribution < 1.29 is 14.2 Å². The molecule has 8 nitrogen and oxygen atoms in total. The summed E-state index contributed by atoms with van der Waals surface area (Å²) in [6.07, 6.45) is 11.0. The normalized spacial score (nSPS) is 18.2. The van der Waals surface area contributed by atoms with Gasteiger partial charge < -0.3 is 18.8 Å². The van der Waals surface area contributed by atoms with E-state index in [1.54, 1.807) is 19.6 Å². The number of ether oxygens (including phenoxy) is 3. The third-order valence-corrected chi connectivity index (χ3v) is 6.12. The van der Waals surface area contributed by atoms with Crippen LogP contribution in [0.1, 0.15) is 42.5 Å². The molecule has 0 bridgehead atoms. The third-order valence-electron chi connectivity index (χ3n) is 6.12. The van der Waals surface area contributed by atoms with Crippen LogP contribution in [0.5, 0.6) is 17.2 Å². The van der Waals surface area contributed by atoms with Crippen molar-refractivity contribution in [3.05, 3.63) is 60.3 Å². The second-order valence-electron chi connectivity index (χ2n) is 8.10. The summed E-state index contributed by atoms with van der Waals surface area (Å²) < 4.78 is 22.1.